The summed E-state index contributed by atoms with van der Waals surface area (Å²) in [6.07, 6.45) is -1.34. The van der Waals surface area contributed by atoms with Crippen molar-refractivity contribution in [2.75, 3.05) is 0 Å². The summed E-state index contributed by atoms with van der Waals surface area (Å²) in [7, 11) is 0. The normalized spacial score (nSPS) is 14.1. The lowest BCUT2D eigenvalue weighted by molar-refractivity contribution is -0.340. The summed E-state index contributed by atoms with van der Waals surface area (Å²) in [4.78, 5) is 3.82. The molecule has 0 bridgehead atoms. The molecule has 0 aromatic carbocycles. The molecule has 0 radical (unpaired) electrons. The number of hydrogen-bond donors (Lipinski definition) is 0. The summed E-state index contributed by atoms with van der Waals surface area (Å²) < 4.78 is 59.9. The first-order valence-corrected chi connectivity index (χ1v) is 7.15. The van der Waals surface area contributed by atoms with Crippen molar-refractivity contribution in [3.05, 3.63) is 24.0 Å². The van der Waals surface area contributed by atoms with Crippen molar-refractivity contribution in [3.63, 3.8) is 0 Å². The maximum absolute atomic E-state index is 13.9. The number of halogens is 4. The first kappa shape index (κ1) is 18.7. The highest BCUT2D eigenvalue weighted by molar-refractivity contribution is 5.29. The van der Waals surface area contributed by atoms with E-state index in [4.69, 9.17) is 0 Å². The van der Waals surface area contributed by atoms with Gasteiger partial charge in [-0.1, -0.05) is 41.5 Å². The van der Waals surface area contributed by atoms with Crippen LogP contribution in [0, 0.1) is 5.41 Å². The highest BCUT2D eigenvalue weighted by Crippen LogP contribution is 2.47. The third kappa shape index (κ3) is 3.52. The van der Waals surface area contributed by atoms with Crippen molar-refractivity contribution in [2.45, 2.75) is 65.4 Å². The van der Waals surface area contributed by atoms with Crippen LogP contribution < -0.4 is 4.74 Å². The Morgan fingerprint density at radius 1 is 1.00 bits per heavy atom. The number of alkyl halides is 4. The van der Waals surface area contributed by atoms with E-state index in [9.17, 15) is 17.6 Å². The van der Waals surface area contributed by atoms with Crippen LogP contribution >= 0.6 is 0 Å². The second-order valence-electron chi connectivity index (χ2n) is 7.09. The lowest BCUT2D eigenvalue weighted by atomic mass is 9.83. The third-order valence-electron chi connectivity index (χ3n) is 3.93. The second kappa shape index (κ2) is 5.70. The Bertz CT molecular complexity index is 521. The average molecular weight is 321 g/mol. The zero-order chi connectivity index (χ0) is 17.4. The van der Waals surface area contributed by atoms with Crippen LogP contribution in [0.2, 0.25) is 0 Å². The smallest absolute Gasteiger partial charge is 0.426 e. The van der Waals surface area contributed by atoms with Gasteiger partial charge in [0, 0.05) is 11.6 Å². The average Bonchev–Trinajstić information content (AvgIpc) is 2.37. The fourth-order valence-corrected chi connectivity index (χ4v) is 1.70. The molecule has 0 aliphatic heterocycles. The number of pyridine rings is 1. The monoisotopic (exact) mass is 321 g/mol. The van der Waals surface area contributed by atoms with Gasteiger partial charge < -0.3 is 4.74 Å². The molecule has 0 spiro atoms. The van der Waals surface area contributed by atoms with Gasteiger partial charge in [0.25, 0.3) is 0 Å². The number of ether oxygens (including phenoxy) is 1. The van der Waals surface area contributed by atoms with Gasteiger partial charge >= 0.3 is 12.0 Å². The van der Waals surface area contributed by atoms with E-state index in [1.165, 1.54) is 12.3 Å². The van der Waals surface area contributed by atoms with E-state index < -0.39 is 17.4 Å². The first-order valence-electron chi connectivity index (χ1n) is 7.15. The fourth-order valence-electron chi connectivity index (χ4n) is 1.70. The van der Waals surface area contributed by atoms with Gasteiger partial charge in [0.1, 0.15) is 5.75 Å². The molecule has 1 heterocycles. The van der Waals surface area contributed by atoms with E-state index in [-0.39, 0.29) is 11.2 Å². The molecule has 0 aliphatic carbocycles. The molecule has 0 saturated heterocycles. The van der Waals surface area contributed by atoms with Crippen molar-refractivity contribution in [1.29, 1.82) is 0 Å². The molecule has 0 aliphatic rings. The number of nitrogens with zero attached hydrogens (tertiary/aromatic N) is 1. The SMILES string of the molecule is CCC(C)(C)c1cncc(OC(F)(F)C(F)(F)C(C)(C)C)c1. The van der Waals surface area contributed by atoms with Crippen molar-refractivity contribution >= 4 is 0 Å². The summed E-state index contributed by atoms with van der Waals surface area (Å²) in [6, 6.07) is 1.34. The molecule has 1 aromatic rings. The Labute approximate surface area is 128 Å². The van der Waals surface area contributed by atoms with Crippen LogP contribution in [0.3, 0.4) is 0 Å². The highest BCUT2D eigenvalue weighted by atomic mass is 19.3. The van der Waals surface area contributed by atoms with Crippen molar-refractivity contribution in [3.8, 4) is 5.75 Å². The number of hydrogen-bond acceptors (Lipinski definition) is 2. The minimum Gasteiger partial charge on any atom is -0.426 e. The van der Waals surface area contributed by atoms with Gasteiger partial charge in [-0.15, -0.1) is 0 Å². The maximum atomic E-state index is 13.9. The van der Waals surface area contributed by atoms with Crippen molar-refractivity contribution in [1.82, 2.24) is 4.98 Å². The summed E-state index contributed by atoms with van der Waals surface area (Å²) in [6.45, 7) is 8.89. The van der Waals surface area contributed by atoms with Gasteiger partial charge in [-0.2, -0.15) is 17.6 Å². The van der Waals surface area contributed by atoms with Crippen LogP contribution in [0.5, 0.6) is 5.75 Å². The predicted molar refractivity (Wildman–Crippen MR) is 77.5 cm³/mol. The molecule has 1 aromatic heterocycles. The van der Waals surface area contributed by atoms with E-state index in [1.54, 1.807) is 0 Å². The first-order chi connectivity index (χ1) is 9.74. The molecule has 0 unspecified atom stereocenters. The fraction of sp³-hybridized carbons (Fsp3) is 0.688. The summed E-state index contributed by atoms with van der Waals surface area (Å²) in [5.74, 6) is -4.69. The molecule has 126 valence electrons. The number of aromatic nitrogens is 1. The molecule has 0 fully saturated rings. The van der Waals surface area contributed by atoms with Crippen LogP contribution in [-0.2, 0) is 5.41 Å². The predicted octanol–water partition coefficient (Wildman–Crippen LogP) is 5.42. The molecular formula is C16H23F4NO. The lowest BCUT2D eigenvalue weighted by Gasteiger charge is -2.35. The quantitative estimate of drug-likeness (QED) is 0.675. The van der Waals surface area contributed by atoms with Crippen LogP contribution in [0.25, 0.3) is 0 Å². The Morgan fingerprint density at radius 3 is 2.00 bits per heavy atom. The van der Waals surface area contributed by atoms with Crippen LogP contribution in [-0.4, -0.2) is 17.0 Å². The van der Waals surface area contributed by atoms with E-state index >= 15 is 0 Å². The highest BCUT2D eigenvalue weighted by Gasteiger charge is 2.66. The Kier molecular flexibility index (Phi) is 4.85. The molecule has 0 atom stereocenters. The molecule has 0 amide bonds. The number of rotatable bonds is 5. The minimum atomic E-state index is -4.62. The molecule has 0 N–H and O–H groups in total. The zero-order valence-electron chi connectivity index (χ0n) is 13.8. The van der Waals surface area contributed by atoms with Crippen molar-refractivity contribution in [2.24, 2.45) is 5.41 Å². The Morgan fingerprint density at radius 2 is 1.55 bits per heavy atom. The van der Waals surface area contributed by atoms with E-state index in [0.717, 1.165) is 33.4 Å². The molecule has 0 saturated carbocycles. The van der Waals surface area contributed by atoms with Crippen LogP contribution in [0.15, 0.2) is 18.5 Å². The lowest BCUT2D eigenvalue weighted by Crippen LogP contribution is -2.53. The molecular weight excluding hydrogens is 298 g/mol. The molecule has 2 nitrogen and oxygen atoms in total. The summed E-state index contributed by atoms with van der Waals surface area (Å²) in [5.41, 5.74) is -1.60. The largest absolute Gasteiger partial charge is 0.464 e. The van der Waals surface area contributed by atoms with Crippen LogP contribution in [0.1, 0.15) is 53.5 Å². The van der Waals surface area contributed by atoms with E-state index in [2.05, 4.69) is 9.72 Å². The van der Waals surface area contributed by atoms with Gasteiger partial charge in [-0.25, -0.2) is 0 Å². The summed E-state index contributed by atoms with van der Waals surface area (Å²) in [5, 5.41) is 0. The Balaban J connectivity index is 3.12. The van der Waals surface area contributed by atoms with Gasteiger partial charge in [0.15, 0.2) is 0 Å². The van der Waals surface area contributed by atoms with Crippen LogP contribution in [0.4, 0.5) is 17.6 Å². The summed E-state index contributed by atoms with van der Waals surface area (Å²) >= 11 is 0. The van der Waals surface area contributed by atoms with Gasteiger partial charge in [0.2, 0.25) is 0 Å². The van der Waals surface area contributed by atoms with Gasteiger partial charge in [-0.3, -0.25) is 4.98 Å². The molecule has 1 rings (SSSR count). The Hall–Kier alpha value is -1.33. The third-order valence-corrected chi connectivity index (χ3v) is 3.93. The molecule has 22 heavy (non-hydrogen) atoms. The minimum absolute atomic E-state index is 0.311. The van der Waals surface area contributed by atoms with Crippen molar-refractivity contribution < 1.29 is 22.3 Å². The van der Waals surface area contributed by atoms with Gasteiger partial charge in [0.05, 0.1) is 6.20 Å². The topological polar surface area (TPSA) is 22.1 Å². The zero-order valence-corrected chi connectivity index (χ0v) is 13.8. The van der Waals surface area contributed by atoms with E-state index in [0.29, 0.717) is 5.56 Å². The van der Waals surface area contributed by atoms with E-state index in [1.807, 2.05) is 20.8 Å². The van der Waals surface area contributed by atoms with Gasteiger partial charge in [-0.05, 0) is 23.5 Å². The molecule has 6 heteroatoms. The maximum Gasteiger partial charge on any atom is 0.464 e. The second-order valence-corrected chi connectivity index (χ2v) is 7.09. The standard InChI is InChI=1S/C16H23F4NO/c1-7-14(5,6)11-8-12(10-21-9-11)22-16(19,20)15(17,18)13(2,3)4/h8-10H,7H2,1-6H3.